The van der Waals surface area contributed by atoms with E-state index < -0.39 is 39.9 Å². The van der Waals surface area contributed by atoms with Crippen molar-refractivity contribution in [2.75, 3.05) is 0 Å². The second-order valence-electron chi connectivity index (χ2n) is 5.86. The molecule has 0 saturated carbocycles. The summed E-state index contributed by atoms with van der Waals surface area (Å²) in [5.41, 5.74) is 0. The second-order valence-corrected chi connectivity index (χ2v) is 17.3. The van der Waals surface area contributed by atoms with E-state index in [2.05, 4.69) is 121 Å². The van der Waals surface area contributed by atoms with E-state index >= 15 is 0 Å². The summed E-state index contributed by atoms with van der Waals surface area (Å²) in [4.78, 5) is 0. The molecule has 0 heterocycles. The van der Waals surface area contributed by atoms with Gasteiger partial charge in [-0.25, -0.2) is 0 Å². The van der Waals surface area contributed by atoms with Crippen LogP contribution >= 0.6 is 0 Å². The Bertz CT molecular complexity index is 785. The minimum atomic E-state index is -2.15. The van der Waals surface area contributed by atoms with Crippen molar-refractivity contribution in [2.24, 2.45) is 0 Å². The third kappa shape index (κ3) is 4.83. The van der Waals surface area contributed by atoms with Gasteiger partial charge in [0.2, 0.25) is 0 Å². The molecule has 0 aromatic heterocycles. The van der Waals surface area contributed by atoms with Crippen LogP contribution in [-0.4, -0.2) is 39.9 Å². The van der Waals surface area contributed by atoms with Gasteiger partial charge < -0.3 is 0 Å². The first-order valence-electron chi connectivity index (χ1n) is 8.79. The number of rotatable bonds is 6. The quantitative estimate of drug-likeness (QED) is 0.320. The Morgan fingerprint density at radius 2 is 0.556 bits per heavy atom. The zero-order chi connectivity index (χ0) is 18.3. The van der Waals surface area contributed by atoms with E-state index in [1.54, 1.807) is 0 Å². The van der Waals surface area contributed by atoms with Crippen LogP contribution in [0.4, 0.5) is 0 Å². The van der Waals surface area contributed by atoms with Crippen LogP contribution in [0.15, 0.2) is 121 Å². The average Bonchev–Trinajstić information content (AvgIpc) is 2.77. The molecular formula is C24H20OTe2+2. The predicted molar refractivity (Wildman–Crippen MR) is 117 cm³/mol. The molecule has 0 saturated heterocycles. The fourth-order valence-electron chi connectivity index (χ4n) is 2.67. The van der Waals surface area contributed by atoms with Crippen LogP contribution in [0, 0.1) is 0 Å². The molecule has 0 atom stereocenters. The summed E-state index contributed by atoms with van der Waals surface area (Å²) < 4.78 is 12.6. The van der Waals surface area contributed by atoms with E-state index in [4.69, 9.17) is 1.47 Å². The Morgan fingerprint density at radius 3 is 0.778 bits per heavy atom. The van der Waals surface area contributed by atoms with Crippen molar-refractivity contribution in [3.05, 3.63) is 121 Å². The van der Waals surface area contributed by atoms with Crippen molar-refractivity contribution in [1.82, 2.24) is 0 Å². The molecule has 0 N–H and O–H groups in total. The minimum absolute atomic E-state index is 1.37. The van der Waals surface area contributed by atoms with Crippen LogP contribution in [0.5, 0.6) is 0 Å². The summed E-state index contributed by atoms with van der Waals surface area (Å²) in [6, 6.07) is 43.2. The van der Waals surface area contributed by atoms with E-state index in [0.29, 0.717) is 0 Å². The summed E-state index contributed by atoms with van der Waals surface area (Å²) in [6.45, 7) is 0. The topological polar surface area (TPSA) is 9.23 Å². The zero-order valence-corrected chi connectivity index (χ0v) is 19.4. The SMILES string of the molecule is c1ccc([Te+](O[Te+](c2ccccc2)c2ccccc2)c2ccccc2)cc1. The van der Waals surface area contributed by atoms with Crippen LogP contribution in [0.3, 0.4) is 0 Å². The zero-order valence-electron chi connectivity index (χ0n) is 14.8. The first-order chi connectivity index (χ1) is 13.4. The molecule has 0 bridgehead atoms. The van der Waals surface area contributed by atoms with Crippen LogP contribution in [0.2, 0.25) is 0 Å². The van der Waals surface area contributed by atoms with Gasteiger partial charge in [-0.15, -0.1) is 0 Å². The molecule has 4 aromatic rings. The molecule has 0 unspecified atom stereocenters. The van der Waals surface area contributed by atoms with E-state index in [0.717, 1.165) is 0 Å². The van der Waals surface area contributed by atoms with Crippen molar-refractivity contribution >= 4 is 54.4 Å². The third-order valence-corrected chi connectivity index (χ3v) is 17.9. The van der Waals surface area contributed by atoms with Crippen molar-refractivity contribution < 1.29 is 1.47 Å². The summed E-state index contributed by atoms with van der Waals surface area (Å²) in [7, 11) is 0. The molecule has 0 fully saturated rings. The summed E-state index contributed by atoms with van der Waals surface area (Å²) in [6.07, 6.45) is 0. The summed E-state index contributed by atoms with van der Waals surface area (Å²) in [5.74, 6) is 0. The van der Waals surface area contributed by atoms with Crippen molar-refractivity contribution in [3.8, 4) is 0 Å². The molecule has 0 aliphatic rings. The molecule has 0 spiro atoms. The van der Waals surface area contributed by atoms with E-state index in [1.165, 1.54) is 14.4 Å². The Labute approximate surface area is 176 Å². The first kappa shape index (κ1) is 18.8. The normalized spacial score (nSPS) is 11.0. The number of benzene rings is 4. The molecule has 27 heavy (non-hydrogen) atoms. The molecular weight excluding hydrogens is 559 g/mol. The van der Waals surface area contributed by atoms with Crippen LogP contribution < -0.4 is 14.4 Å². The molecule has 0 aliphatic heterocycles. The predicted octanol–water partition coefficient (Wildman–Crippen LogP) is 2.61. The van der Waals surface area contributed by atoms with Gasteiger partial charge in [0.15, 0.2) is 0 Å². The molecule has 132 valence electrons. The standard InChI is InChI=1S/C24H20OTe2/c1-5-13-21(14-6-1)26(22-15-7-2-8-16-22)25-27(23-17-9-3-10-18-23)24-19-11-4-12-20-24/h1-20H/q+2. The van der Waals surface area contributed by atoms with E-state index in [-0.39, 0.29) is 0 Å². The molecule has 4 aromatic carbocycles. The van der Waals surface area contributed by atoms with Gasteiger partial charge in [-0.05, 0) is 0 Å². The van der Waals surface area contributed by atoms with Crippen molar-refractivity contribution in [1.29, 1.82) is 0 Å². The van der Waals surface area contributed by atoms with E-state index in [9.17, 15) is 0 Å². The summed E-state index contributed by atoms with van der Waals surface area (Å²) in [5, 5.41) is 0. The van der Waals surface area contributed by atoms with Crippen molar-refractivity contribution in [3.63, 3.8) is 0 Å². The molecule has 4 rings (SSSR count). The summed E-state index contributed by atoms with van der Waals surface area (Å²) >= 11 is -4.31. The average molecular weight is 580 g/mol. The van der Waals surface area contributed by atoms with Gasteiger partial charge in [-0.2, -0.15) is 0 Å². The van der Waals surface area contributed by atoms with Crippen LogP contribution in [-0.2, 0) is 1.47 Å². The molecule has 3 heteroatoms. The van der Waals surface area contributed by atoms with Gasteiger partial charge in [-0.1, -0.05) is 0 Å². The van der Waals surface area contributed by atoms with E-state index in [1.807, 2.05) is 0 Å². The Hall–Kier alpha value is -1.58. The van der Waals surface area contributed by atoms with Gasteiger partial charge in [0.1, 0.15) is 0 Å². The fraction of sp³-hybridized carbons (Fsp3) is 0. The fourth-order valence-corrected chi connectivity index (χ4v) is 18.8. The van der Waals surface area contributed by atoms with Crippen LogP contribution in [0.25, 0.3) is 0 Å². The number of hydrogen-bond acceptors (Lipinski definition) is 1. The molecule has 0 radical (unpaired) electrons. The molecule has 0 amide bonds. The maximum atomic E-state index is 7.13. The Kier molecular flexibility index (Phi) is 6.65. The maximum absolute atomic E-state index is 7.13. The third-order valence-electron chi connectivity index (χ3n) is 3.97. The first-order valence-corrected chi connectivity index (χ1v) is 15.4. The molecule has 1 nitrogen and oxygen atoms in total. The van der Waals surface area contributed by atoms with Gasteiger partial charge in [0.25, 0.3) is 0 Å². The Balaban J connectivity index is 1.77. The van der Waals surface area contributed by atoms with Gasteiger partial charge >= 0.3 is 177 Å². The van der Waals surface area contributed by atoms with Crippen LogP contribution in [0.1, 0.15) is 0 Å². The number of hydrogen-bond donors (Lipinski definition) is 0. The van der Waals surface area contributed by atoms with Gasteiger partial charge in [-0.3, -0.25) is 0 Å². The van der Waals surface area contributed by atoms with Gasteiger partial charge in [0, 0.05) is 0 Å². The Morgan fingerprint density at radius 1 is 0.333 bits per heavy atom. The molecule has 0 aliphatic carbocycles. The van der Waals surface area contributed by atoms with Crippen molar-refractivity contribution in [2.45, 2.75) is 0 Å². The second kappa shape index (κ2) is 9.57. The monoisotopic (exact) mass is 584 g/mol. The van der Waals surface area contributed by atoms with Gasteiger partial charge in [0.05, 0.1) is 0 Å².